The summed E-state index contributed by atoms with van der Waals surface area (Å²) in [6.45, 7) is 5.48. The summed E-state index contributed by atoms with van der Waals surface area (Å²) in [6, 6.07) is 18.5. The molecule has 7 nitrogen and oxygen atoms in total. The van der Waals surface area contributed by atoms with Gasteiger partial charge in [-0.2, -0.15) is 0 Å². The standard InChI is InChI=1S/C24H28O7/c1-24(2,3)23(26)31-20-18(25)22(28-16-12-8-5-9-13-16)29-17-14-27-21(30-19(17)20)15-10-6-4-7-11-15/h4-13,17-22,25H,14H2,1-3H3/t17-,18-,19-,20-,21?,22-/m1/s1. The van der Waals surface area contributed by atoms with Crippen molar-refractivity contribution in [2.75, 3.05) is 6.61 Å². The largest absolute Gasteiger partial charge is 0.462 e. The molecule has 0 saturated carbocycles. The number of para-hydroxylation sites is 1. The fourth-order valence-corrected chi connectivity index (χ4v) is 3.51. The zero-order valence-corrected chi connectivity index (χ0v) is 17.8. The molecule has 2 fully saturated rings. The molecule has 2 aromatic rings. The highest BCUT2D eigenvalue weighted by Crippen LogP contribution is 2.36. The summed E-state index contributed by atoms with van der Waals surface area (Å²) in [7, 11) is 0. The summed E-state index contributed by atoms with van der Waals surface area (Å²) in [5.41, 5.74) is 0.0896. The summed E-state index contributed by atoms with van der Waals surface area (Å²) in [6.07, 6.45) is -5.20. The molecule has 7 heteroatoms. The van der Waals surface area contributed by atoms with Crippen LogP contribution in [0, 0.1) is 5.41 Å². The van der Waals surface area contributed by atoms with Gasteiger partial charge in [-0.3, -0.25) is 4.79 Å². The monoisotopic (exact) mass is 428 g/mol. The lowest BCUT2D eigenvalue weighted by molar-refractivity contribution is -0.351. The molecule has 0 radical (unpaired) electrons. The van der Waals surface area contributed by atoms with Crippen LogP contribution in [0.1, 0.15) is 32.6 Å². The molecule has 2 heterocycles. The zero-order chi connectivity index (χ0) is 22.0. The number of ether oxygens (including phenoxy) is 5. The van der Waals surface area contributed by atoms with Gasteiger partial charge in [-0.1, -0.05) is 48.5 Å². The molecule has 1 N–H and O–H groups in total. The number of carbonyl (C=O) groups excluding carboxylic acids is 1. The molecule has 6 atom stereocenters. The van der Waals surface area contributed by atoms with Crippen molar-refractivity contribution in [2.24, 2.45) is 5.41 Å². The molecule has 1 unspecified atom stereocenters. The Hall–Kier alpha value is -2.45. The predicted molar refractivity (Wildman–Crippen MR) is 111 cm³/mol. The van der Waals surface area contributed by atoms with Crippen molar-refractivity contribution in [1.29, 1.82) is 0 Å². The number of rotatable bonds is 4. The number of esters is 1. The minimum Gasteiger partial charge on any atom is -0.462 e. The summed E-state index contributed by atoms with van der Waals surface area (Å²) in [4.78, 5) is 12.7. The second-order valence-electron chi connectivity index (χ2n) is 8.76. The van der Waals surface area contributed by atoms with Crippen LogP contribution in [-0.2, 0) is 23.7 Å². The van der Waals surface area contributed by atoms with E-state index in [9.17, 15) is 9.90 Å². The van der Waals surface area contributed by atoms with Crippen LogP contribution in [0.4, 0.5) is 0 Å². The summed E-state index contributed by atoms with van der Waals surface area (Å²) >= 11 is 0. The number of hydrogen-bond donors (Lipinski definition) is 1. The van der Waals surface area contributed by atoms with Crippen LogP contribution in [0.5, 0.6) is 5.75 Å². The molecule has 0 amide bonds. The Balaban J connectivity index is 1.57. The molecule has 0 aliphatic carbocycles. The fraction of sp³-hybridized carbons (Fsp3) is 0.458. The van der Waals surface area contributed by atoms with Gasteiger partial charge >= 0.3 is 5.97 Å². The molecule has 2 aromatic carbocycles. The minimum atomic E-state index is -1.25. The lowest BCUT2D eigenvalue weighted by atomic mass is 9.94. The molecule has 0 aromatic heterocycles. The van der Waals surface area contributed by atoms with E-state index in [4.69, 9.17) is 23.7 Å². The van der Waals surface area contributed by atoms with Crippen LogP contribution in [0.25, 0.3) is 0 Å². The van der Waals surface area contributed by atoms with Crippen LogP contribution in [-0.4, -0.2) is 48.4 Å². The van der Waals surface area contributed by atoms with Crippen molar-refractivity contribution >= 4 is 5.97 Å². The number of benzene rings is 2. The second-order valence-corrected chi connectivity index (χ2v) is 8.76. The van der Waals surface area contributed by atoms with Crippen molar-refractivity contribution in [3.05, 3.63) is 66.2 Å². The van der Waals surface area contributed by atoms with Gasteiger partial charge in [0.2, 0.25) is 6.29 Å². The van der Waals surface area contributed by atoms with Crippen molar-refractivity contribution in [3.63, 3.8) is 0 Å². The molecule has 2 aliphatic rings. The van der Waals surface area contributed by atoms with E-state index in [0.29, 0.717) is 5.75 Å². The molecule has 2 saturated heterocycles. The van der Waals surface area contributed by atoms with Crippen molar-refractivity contribution in [2.45, 2.75) is 57.8 Å². The quantitative estimate of drug-likeness (QED) is 0.749. The Morgan fingerprint density at radius 3 is 2.29 bits per heavy atom. The van der Waals surface area contributed by atoms with Gasteiger partial charge in [0, 0.05) is 5.56 Å². The predicted octanol–water partition coefficient (Wildman–Crippen LogP) is 3.22. The van der Waals surface area contributed by atoms with E-state index >= 15 is 0 Å². The molecule has 2 aliphatic heterocycles. The second kappa shape index (κ2) is 8.96. The van der Waals surface area contributed by atoms with Crippen LogP contribution >= 0.6 is 0 Å². The third-order valence-electron chi connectivity index (χ3n) is 5.23. The van der Waals surface area contributed by atoms with E-state index in [1.54, 1.807) is 32.9 Å². The molecule has 0 bridgehead atoms. The van der Waals surface area contributed by atoms with E-state index < -0.39 is 48.4 Å². The molecular formula is C24H28O7. The lowest BCUT2D eigenvalue weighted by Gasteiger charge is -2.47. The van der Waals surface area contributed by atoms with Gasteiger partial charge in [0.15, 0.2) is 18.5 Å². The van der Waals surface area contributed by atoms with Crippen LogP contribution < -0.4 is 4.74 Å². The Kier molecular flexibility index (Phi) is 6.29. The highest BCUT2D eigenvalue weighted by atomic mass is 16.8. The Labute approximate surface area is 181 Å². The van der Waals surface area contributed by atoms with Crippen LogP contribution in [0.2, 0.25) is 0 Å². The van der Waals surface area contributed by atoms with Gasteiger partial charge in [-0.05, 0) is 32.9 Å². The van der Waals surface area contributed by atoms with Crippen LogP contribution in [0.3, 0.4) is 0 Å². The Morgan fingerprint density at radius 2 is 1.65 bits per heavy atom. The van der Waals surface area contributed by atoms with Crippen molar-refractivity contribution in [1.82, 2.24) is 0 Å². The maximum absolute atomic E-state index is 12.7. The number of fused-ring (bicyclic) bond motifs is 1. The third-order valence-corrected chi connectivity index (χ3v) is 5.23. The van der Waals surface area contributed by atoms with E-state index in [1.165, 1.54) is 0 Å². The average Bonchev–Trinajstić information content (AvgIpc) is 2.77. The van der Waals surface area contributed by atoms with Crippen LogP contribution in [0.15, 0.2) is 60.7 Å². The van der Waals surface area contributed by atoms with Crippen molar-refractivity contribution in [3.8, 4) is 5.75 Å². The topological polar surface area (TPSA) is 83.5 Å². The SMILES string of the molecule is CC(C)(C)C(=O)O[C@@H]1[C@@H](O)[C@H](Oc2ccccc2)O[C@@H]2COC(c3ccccc3)O[C@@H]12. The maximum atomic E-state index is 12.7. The summed E-state index contributed by atoms with van der Waals surface area (Å²) in [5, 5.41) is 11.1. The fourth-order valence-electron chi connectivity index (χ4n) is 3.51. The summed E-state index contributed by atoms with van der Waals surface area (Å²) in [5.74, 6) is 0.0905. The molecule has 4 rings (SSSR count). The average molecular weight is 428 g/mol. The first kappa shape index (κ1) is 21.8. The number of aliphatic hydroxyl groups is 1. The van der Waals surface area contributed by atoms with E-state index in [2.05, 4.69) is 0 Å². The molecular weight excluding hydrogens is 400 g/mol. The van der Waals surface area contributed by atoms with Crippen molar-refractivity contribution < 1.29 is 33.6 Å². The van der Waals surface area contributed by atoms with Gasteiger partial charge in [0.25, 0.3) is 0 Å². The molecule has 31 heavy (non-hydrogen) atoms. The third kappa shape index (κ3) is 4.91. The van der Waals surface area contributed by atoms with Gasteiger partial charge < -0.3 is 28.8 Å². The first-order chi connectivity index (χ1) is 14.8. The van der Waals surface area contributed by atoms with Gasteiger partial charge in [-0.25, -0.2) is 0 Å². The first-order valence-electron chi connectivity index (χ1n) is 10.4. The van der Waals surface area contributed by atoms with Gasteiger partial charge in [0.05, 0.1) is 12.0 Å². The number of aliphatic hydroxyl groups excluding tert-OH is 1. The first-order valence-corrected chi connectivity index (χ1v) is 10.4. The Bertz CT molecular complexity index is 865. The van der Waals surface area contributed by atoms with Gasteiger partial charge in [0.1, 0.15) is 18.0 Å². The summed E-state index contributed by atoms with van der Waals surface area (Å²) < 4.78 is 29.6. The molecule has 166 valence electrons. The number of hydrogen-bond acceptors (Lipinski definition) is 7. The van der Waals surface area contributed by atoms with E-state index in [0.717, 1.165) is 5.56 Å². The molecule has 0 spiro atoms. The minimum absolute atomic E-state index is 0.204. The maximum Gasteiger partial charge on any atom is 0.311 e. The van der Waals surface area contributed by atoms with E-state index in [-0.39, 0.29) is 6.61 Å². The normalized spacial score (nSPS) is 30.8. The smallest absolute Gasteiger partial charge is 0.311 e. The van der Waals surface area contributed by atoms with Gasteiger partial charge in [-0.15, -0.1) is 0 Å². The Morgan fingerprint density at radius 1 is 1.00 bits per heavy atom. The zero-order valence-electron chi connectivity index (χ0n) is 17.8. The highest BCUT2D eigenvalue weighted by molar-refractivity contribution is 5.75. The lowest BCUT2D eigenvalue weighted by Crippen LogP contribution is -2.64. The highest BCUT2D eigenvalue weighted by Gasteiger charge is 2.53. The van der Waals surface area contributed by atoms with E-state index in [1.807, 2.05) is 48.5 Å². The number of carbonyl (C=O) groups is 1.